The van der Waals surface area contributed by atoms with E-state index >= 15 is 0 Å². The molecule has 0 saturated heterocycles. The SMILES string of the molecule is NCc1ccc(OCCS(=O)(=O)c2ccc(Br)cc2)cc1. The van der Waals surface area contributed by atoms with Gasteiger partial charge in [-0.25, -0.2) is 8.42 Å². The van der Waals surface area contributed by atoms with Gasteiger partial charge in [0.05, 0.1) is 10.6 Å². The molecule has 2 rings (SSSR count). The monoisotopic (exact) mass is 369 g/mol. The van der Waals surface area contributed by atoms with Crippen molar-refractivity contribution in [3.8, 4) is 5.75 Å². The molecule has 112 valence electrons. The third-order valence-corrected chi connectivity index (χ3v) is 5.18. The fraction of sp³-hybridized carbons (Fsp3) is 0.200. The van der Waals surface area contributed by atoms with Crippen LogP contribution in [0.15, 0.2) is 57.9 Å². The van der Waals surface area contributed by atoms with E-state index in [1.54, 1.807) is 36.4 Å². The van der Waals surface area contributed by atoms with Crippen LogP contribution in [0.2, 0.25) is 0 Å². The summed E-state index contributed by atoms with van der Waals surface area (Å²) in [5.41, 5.74) is 6.51. The molecule has 0 heterocycles. The molecule has 0 aliphatic heterocycles. The topological polar surface area (TPSA) is 69.4 Å². The van der Waals surface area contributed by atoms with Gasteiger partial charge in [-0.15, -0.1) is 0 Å². The first kappa shape index (κ1) is 16.0. The van der Waals surface area contributed by atoms with E-state index < -0.39 is 9.84 Å². The third-order valence-electron chi connectivity index (χ3n) is 2.95. The fourth-order valence-electron chi connectivity index (χ4n) is 1.75. The minimum Gasteiger partial charge on any atom is -0.493 e. The number of rotatable bonds is 6. The van der Waals surface area contributed by atoms with Crippen LogP contribution in [0.4, 0.5) is 0 Å². The highest BCUT2D eigenvalue weighted by atomic mass is 79.9. The van der Waals surface area contributed by atoms with Gasteiger partial charge in [0.25, 0.3) is 0 Å². The number of hydrogen-bond donors (Lipinski definition) is 1. The van der Waals surface area contributed by atoms with E-state index in [-0.39, 0.29) is 12.4 Å². The molecular weight excluding hydrogens is 354 g/mol. The van der Waals surface area contributed by atoms with E-state index in [0.29, 0.717) is 17.2 Å². The summed E-state index contributed by atoms with van der Waals surface area (Å²) in [4.78, 5) is 0.299. The van der Waals surface area contributed by atoms with Crippen molar-refractivity contribution in [2.24, 2.45) is 5.73 Å². The molecule has 0 aromatic heterocycles. The number of hydrogen-bond acceptors (Lipinski definition) is 4. The van der Waals surface area contributed by atoms with E-state index in [9.17, 15) is 8.42 Å². The Morgan fingerprint density at radius 3 is 2.19 bits per heavy atom. The molecule has 4 nitrogen and oxygen atoms in total. The predicted octanol–water partition coefficient (Wildman–Crippen LogP) is 2.76. The molecule has 0 saturated carbocycles. The van der Waals surface area contributed by atoms with Crippen molar-refractivity contribution in [2.45, 2.75) is 11.4 Å². The molecule has 2 aromatic carbocycles. The highest BCUT2D eigenvalue weighted by Crippen LogP contribution is 2.17. The first-order chi connectivity index (χ1) is 10.0. The van der Waals surface area contributed by atoms with Gasteiger partial charge in [0.1, 0.15) is 12.4 Å². The lowest BCUT2D eigenvalue weighted by atomic mass is 10.2. The van der Waals surface area contributed by atoms with Crippen LogP contribution >= 0.6 is 15.9 Å². The summed E-state index contributed by atoms with van der Waals surface area (Å²) >= 11 is 3.28. The zero-order valence-electron chi connectivity index (χ0n) is 11.3. The Labute approximate surface area is 133 Å². The number of benzene rings is 2. The van der Waals surface area contributed by atoms with Gasteiger partial charge in [0, 0.05) is 11.0 Å². The maximum atomic E-state index is 12.1. The van der Waals surface area contributed by atoms with Crippen LogP contribution < -0.4 is 10.5 Å². The van der Waals surface area contributed by atoms with Crippen LogP contribution in [0.3, 0.4) is 0 Å². The van der Waals surface area contributed by atoms with Crippen molar-refractivity contribution in [1.82, 2.24) is 0 Å². The quantitative estimate of drug-likeness (QED) is 0.849. The lowest BCUT2D eigenvalue weighted by Crippen LogP contribution is -2.14. The molecule has 6 heteroatoms. The van der Waals surface area contributed by atoms with Gasteiger partial charge in [-0.05, 0) is 42.0 Å². The number of ether oxygens (including phenoxy) is 1. The molecule has 0 fully saturated rings. The number of halogens is 1. The van der Waals surface area contributed by atoms with E-state index in [1.807, 2.05) is 12.1 Å². The Morgan fingerprint density at radius 2 is 1.62 bits per heavy atom. The summed E-state index contributed by atoms with van der Waals surface area (Å²) in [7, 11) is -3.33. The lowest BCUT2D eigenvalue weighted by Gasteiger charge is -2.08. The van der Waals surface area contributed by atoms with E-state index in [1.165, 1.54) is 0 Å². The average Bonchev–Trinajstić information content (AvgIpc) is 2.48. The Hall–Kier alpha value is -1.37. The van der Waals surface area contributed by atoms with Crippen molar-refractivity contribution >= 4 is 25.8 Å². The second-order valence-electron chi connectivity index (χ2n) is 4.47. The summed E-state index contributed by atoms with van der Waals surface area (Å²) in [6.45, 7) is 0.582. The highest BCUT2D eigenvalue weighted by Gasteiger charge is 2.14. The maximum absolute atomic E-state index is 12.1. The standard InChI is InChI=1S/C15H16BrNO3S/c16-13-3-7-15(8-4-13)21(18,19)10-9-20-14-5-1-12(11-17)2-6-14/h1-8H,9-11,17H2. The van der Waals surface area contributed by atoms with E-state index in [4.69, 9.17) is 10.5 Å². The van der Waals surface area contributed by atoms with Gasteiger partial charge in [-0.1, -0.05) is 28.1 Å². The van der Waals surface area contributed by atoms with Crippen molar-refractivity contribution in [3.05, 3.63) is 58.6 Å². The molecule has 21 heavy (non-hydrogen) atoms. The molecule has 0 spiro atoms. The van der Waals surface area contributed by atoms with Crippen molar-refractivity contribution in [2.75, 3.05) is 12.4 Å². The Balaban J connectivity index is 1.93. The largest absolute Gasteiger partial charge is 0.493 e. The molecule has 0 aliphatic rings. The number of sulfone groups is 1. The summed E-state index contributed by atoms with van der Waals surface area (Å²) in [5.74, 6) is 0.575. The highest BCUT2D eigenvalue weighted by molar-refractivity contribution is 9.10. The molecule has 0 bridgehead atoms. The Bertz CT molecular complexity index is 682. The van der Waals surface area contributed by atoms with Gasteiger partial charge in [-0.2, -0.15) is 0 Å². The van der Waals surface area contributed by atoms with Gasteiger partial charge in [0.15, 0.2) is 9.84 Å². The molecule has 0 amide bonds. The molecule has 0 unspecified atom stereocenters. The molecule has 0 aliphatic carbocycles. The van der Waals surface area contributed by atoms with Crippen molar-refractivity contribution < 1.29 is 13.2 Å². The van der Waals surface area contributed by atoms with Crippen molar-refractivity contribution in [1.29, 1.82) is 0 Å². The minimum atomic E-state index is -3.33. The summed E-state index contributed by atoms with van der Waals surface area (Å²) in [6.07, 6.45) is 0. The Kier molecular flexibility index (Phi) is 5.39. The van der Waals surface area contributed by atoms with Gasteiger partial charge in [0.2, 0.25) is 0 Å². The van der Waals surface area contributed by atoms with Crippen LogP contribution in [0.25, 0.3) is 0 Å². The van der Waals surface area contributed by atoms with Gasteiger partial charge < -0.3 is 10.5 Å². The number of nitrogens with two attached hydrogens (primary N) is 1. The molecule has 2 aromatic rings. The molecule has 2 N–H and O–H groups in total. The fourth-order valence-corrected chi connectivity index (χ4v) is 3.10. The van der Waals surface area contributed by atoms with E-state index in [0.717, 1.165) is 10.0 Å². The lowest BCUT2D eigenvalue weighted by molar-refractivity contribution is 0.341. The zero-order valence-corrected chi connectivity index (χ0v) is 13.7. The smallest absolute Gasteiger partial charge is 0.181 e. The second-order valence-corrected chi connectivity index (χ2v) is 7.49. The summed E-state index contributed by atoms with van der Waals surface area (Å²) in [6, 6.07) is 13.9. The maximum Gasteiger partial charge on any atom is 0.181 e. The average molecular weight is 370 g/mol. The molecule has 0 atom stereocenters. The van der Waals surface area contributed by atoms with Crippen LogP contribution in [-0.4, -0.2) is 20.8 Å². The first-order valence-corrected chi connectivity index (χ1v) is 8.86. The minimum absolute atomic E-state index is 0.0622. The van der Waals surface area contributed by atoms with Crippen LogP contribution in [0, 0.1) is 0 Å². The first-order valence-electron chi connectivity index (χ1n) is 6.41. The molecular formula is C15H16BrNO3S. The summed E-state index contributed by atoms with van der Waals surface area (Å²) < 4.78 is 30.5. The zero-order chi connectivity index (χ0) is 15.3. The normalized spacial score (nSPS) is 11.3. The van der Waals surface area contributed by atoms with Gasteiger partial charge in [-0.3, -0.25) is 0 Å². The predicted molar refractivity (Wildman–Crippen MR) is 86.0 cm³/mol. The second kappa shape index (κ2) is 7.06. The van der Waals surface area contributed by atoms with E-state index in [2.05, 4.69) is 15.9 Å². The Morgan fingerprint density at radius 1 is 1.00 bits per heavy atom. The van der Waals surface area contributed by atoms with Crippen LogP contribution in [-0.2, 0) is 16.4 Å². The molecule has 0 radical (unpaired) electrons. The third kappa shape index (κ3) is 4.56. The van der Waals surface area contributed by atoms with Crippen molar-refractivity contribution in [3.63, 3.8) is 0 Å². The van der Waals surface area contributed by atoms with Crippen LogP contribution in [0.5, 0.6) is 5.75 Å². The van der Waals surface area contributed by atoms with Crippen LogP contribution in [0.1, 0.15) is 5.56 Å². The van der Waals surface area contributed by atoms with Gasteiger partial charge >= 0.3 is 0 Å². The summed E-state index contributed by atoms with van der Waals surface area (Å²) in [5, 5.41) is 0.